The van der Waals surface area contributed by atoms with Crippen LogP contribution >= 0.6 is 0 Å². The summed E-state index contributed by atoms with van der Waals surface area (Å²) < 4.78 is 127. The second kappa shape index (κ2) is 14.2. The molecule has 0 radical (unpaired) electrons. The molecule has 1 aromatic heterocycles. The fourth-order valence-corrected chi connectivity index (χ4v) is 6.92. The van der Waals surface area contributed by atoms with E-state index in [1.54, 1.807) is 6.92 Å². The first kappa shape index (κ1) is 37.7. The number of aryl methyl sites for hydroxylation is 1. The molecule has 19 heteroatoms. The lowest BCUT2D eigenvalue weighted by Gasteiger charge is -2.45. The minimum atomic E-state index is -5.14. The Morgan fingerprint density at radius 2 is 1.57 bits per heavy atom. The smallest absolute Gasteiger partial charge is 0.481 e. The SMILES string of the molecule is CC[C@@H]1C[C@H](N(Cc2cc(C(F)(F)F)cc(C(F)(F)F)c2)c2nnn(C)n2)c2cc(OC(F)(F)F)ccc2N1C(=O)C1CCC(CC(=O)O)CC1. The monoisotopic (exact) mass is 736 g/mol. The molecule has 0 spiro atoms. The first-order chi connectivity index (χ1) is 23.7. The van der Waals surface area contributed by atoms with E-state index in [-0.39, 0.29) is 47.9 Å². The molecule has 2 aromatic carbocycles. The molecule has 0 unspecified atom stereocenters. The zero-order valence-corrected chi connectivity index (χ0v) is 27.2. The van der Waals surface area contributed by atoms with Gasteiger partial charge in [-0.1, -0.05) is 12.0 Å². The van der Waals surface area contributed by atoms with E-state index in [1.165, 1.54) is 22.9 Å². The largest absolute Gasteiger partial charge is 0.573 e. The molecule has 1 saturated carbocycles. The number of benzene rings is 2. The van der Waals surface area contributed by atoms with Crippen molar-refractivity contribution < 1.29 is 58.9 Å². The summed E-state index contributed by atoms with van der Waals surface area (Å²) in [7, 11) is 1.37. The molecule has 278 valence electrons. The molecule has 2 heterocycles. The Balaban J connectivity index is 1.61. The van der Waals surface area contributed by atoms with Crippen LogP contribution in [-0.4, -0.2) is 49.6 Å². The summed E-state index contributed by atoms with van der Waals surface area (Å²) in [5, 5.41) is 21.0. The number of halogens is 9. The van der Waals surface area contributed by atoms with Crippen LogP contribution in [0.15, 0.2) is 36.4 Å². The number of rotatable bonds is 9. The van der Waals surface area contributed by atoms with E-state index in [0.29, 0.717) is 44.2 Å². The van der Waals surface area contributed by atoms with E-state index in [9.17, 15) is 54.2 Å². The highest BCUT2D eigenvalue weighted by Gasteiger charge is 2.43. The van der Waals surface area contributed by atoms with Crippen molar-refractivity contribution in [2.75, 3.05) is 9.80 Å². The number of carbonyl (C=O) groups excluding carboxylic acids is 1. The Morgan fingerprint density at radius 3 is 2.08 bits per heavy atom. The van der Waals surface area contributed by atoms with Crippen molar-refractivity contribution in [2.45, 2.75) is 89.2 Å². The Kier molecular flexibility index (Phi) is 10.5. The molecule has 0 bridgehead atoms. The lowest BCUT2D eigenvalue weighted by Crippen LogP contribution is -2.50. The summed E-state index contributed by atoms with van der Waals surface area (Å²) in [4.78, 5) is 29.1. The lowest BCUT2D eigenvalue weighted by atomic mass is 9.79. The fourth-order valence-electron chi connectivity index (χ4n) is 6.92. The summed E-state index contributed by atoms with van der Waals surface area (Å²) in [6.07, 6.45) is -13.5. The number of ether oxygens (including phenoxy) is 1. The minimum Gasteiger partial charge on any atom is -0.481 e. The van der Waals surface area contributed by atoms with Gasteiger partial charge in [0.25, 0.3) is 5.95 Å². The molecule has 10 nitrogen and oxygen atoms in total. The van der Waals surface area contributed by atoms with Crippen LogP contribution < -0.4 is 14.5 Å². The number of carboxylic acids is 1. The van der Waals surface area contributed by atoms with Gasteiger partial charge in [0.1, 0.15) is 5.75 Å². The molecule has 1 N–H and O–H groups in total. The van der Waals surface area contributed by atoms with Crippen LogP contribution in [0.25, 0.3) is 0 Å². The van der Waals surface area contributed by atoms with Crippen LogP contribution in [0.4, 0.5) is 51.1 Å². The number of carboxylic acid groups (broad SMARTS) is 1. The molecule has 2 aliphatic rings. The van der Waals surface area contributed by atoms with Gasteiger partial charge in [-0.2, -0.15) is 31.1 Å². The Labute approximate surface area is 285 Å². The van der Waals surface area contributed by atoms with Crippen LogP contribution in [-0.2, 0) is 35.5 Å². The predicted octanol–water partition coefficient (Wildman–Crippen LogP) is 7.69. The van der Waals surface area contributed by atoms with Crippen LogP contribution in [0.5, 0.6) is 5.75 Å². The second-order valence-corrected chi connectivity index (χ2v) is 12.7. The number of hydrogen-bond acceptors (Lipinski definition) is 7. The molecular formula is C32H33F9N6O4. The second-order valence-electron chi connectivity index (χ2n) is 12.7. The number of fused-ring (bicyclic) bond motifs is 1. The molecular weight excluding hydrogens is 703 g/mol. The third-order valence-electron chi connectivity index (χ3n) is 9.21. The molecule has 3 aromatic rings. The number of nitrogens with zero attached hydrogens (tertiary/aromatic N) is 6. The quantitative estimate of drug-likeness (QED) is 0.223. The summed E-state index contributed by atoms with van der Waals surface area (Å²) in [6.45, 7) is 1.09. The van der Waals surface area contributed by atoms with Gasteiger partial charge in [-0.15, -0.1) is 18.3 Å². The van der Waals surface area contributed by atoms with Crippen molar-refractivity contribution in [3.05, 3.63) is 58.7 Å². The standard InChI is InChI=1S/C32H33F9N6O4/c1-3-22-14-26(46(29-42-44-45(2)43-29)16-18-10-20(30(33,34)35)13-21(11-18)31(36,37)38)24-15-23(51-32(39,40)41)8-9-25(24)47(22)28(50)19-6-4-17(5-7-19)12-27(48)49/h8-11,13,15,17,19,22,26H,3-7,12,14,16H2,1-2H3,(H,48,49)/t17?,19?,22-,26+/m1/s1. The topological polar surface area (TPSA) is 114 Å². The molecule has 2 atom stereocenters. The number of hydrogen-bond donors (Lipinski definition) is 1. The van der Waals surface area contributed by atoms with Gasteiger partial charge in [0.15, 0.2) is 0 Å². The van der Waals surface area contributed by atoms with Gasteiger partial charge < -0.3 is 19.6 Å². The number of alkyl halides is 9. The Morgan fingerprint density at radius 1 is 0.941 bits per heavy atom. The molecule has 5 rings (SSSR count). The third-order valence-corrected chi connectivity index (χ3v) is 9.21. The number of tetrazole rings is 1. The number of aliphatic carboxylic acids is 1. The molecule has 1 amide bonds. The number of anilines is 2. The predicted molar refractivity (Wildman–Crippen MR) is 161 cm³/mol. The summed E-state index contributed by atoms with van der Waals surface area (Å²) in [6, 6.07) is 2.64. The zero-order valence-electron chi connectivity index (χ0n) is 27.2. The van der Waals surface area contributed by atoms with Gasteiger partial charge in [-0.25, -0.2) is 0 Å². The number of aromatic nitrogens is 4. The van der Waals surface area contributed by atoms with Crippen molar-refractivity contribution in [1.29, 1.82) is 0 Å². The molecule has 1 aliphatic carbocycles. The van der Waals surface area contributed by atoms with Gasteiger partial charge in [0, 0.05) is 36.2 Å². The molecule has 0 saturated heterocycles. The van der Waals surface area contributed by atoms with Gasteiger partial charge in [-0.3, -0.25) is 9.59 Å². The fraction of sp³-hybridized carbons (Fsp3) is 0.531. The van der Waals surface area contributed by atoms with Gasteiger partial charge in [0.05, 0.1) is 24.2 Å². The summed E-state index contributed by atoms with van der Waals surface area (Å²) in [5.74, 6) is -2.85. The van der Waals surface area contributed by atoms with E-state index >= 15 is 0 Å². The van der Waals surface area contributed by atoms with Crippen LogP contribution in [0.3, 0.4) is 0 Å². The van der Waals surface area contributed by atoms with Crippen molar-refractivity contribution in [1.82, 2.24) is 20.2 Å². The van der Waals surface area contributed by atoms with Crippen molar-refractivity contribution in [2.24, 2.45) is 18.9 Å². The van der Waals surface area contributed by atoms with E-state index in [4.69, 9.17) is 0 Å². The minimum absolute atomic E-state index is 0.0170. The maximum atomic E-state index is 14.2. The average molecular weight is 737 g/mol. The molecule has 1 aliphatic heterocycles. The van der Waals surface area contributed by atoms with Crippen LogP contribution in [0.1, 0.15) is 80.2 Å². The Hall–Kier alpha value is -4.58. The van der Waals surface area contributed by atoms with E-state index in [2.05, 4.69) is 20.1 Å². The van der Waals surface area contributed by atoms with Crippen LogP contribution in [0.2, 0.25) is 0 Å². The number of carbonyl (C=O) groups is 2. The van der Waals surface area contributed by atoms with E-state index in [0.717, 1.165) is 16.9 Å². The third kappa shape index (κ3) is 8.84. The van der Waals surface area contributed by atoms with Gasteiger partial charge in [-0.05, 0) is 91.6 Å². The highest BCUT2D eigenvalue weighted by molar-refractivity contribution is 5.97. The Bertz CT molecular complexity index is 1700. The van der Waals surface area contributed by atoms with Gasteiger partial charge >= 0.3 is 24.7 Å². The normalized spacial score (nSPS) is 21.3. The van der Waals surface area contributed by atoms with Crippen LogP contribution in [0, 0.1) is 11.8 Å². The molecule has 1 fully saturated rings. The van der Waals surface area contributed by atoms with Crippen molar-refractivity contribution in [3.8, 4) is 5.75 Å². The molecule has 51 heavy (non-hydrogen) atoms. The maximum absolute atomic E-state index is 14.2. The first-order valence-electron chi connectivity index (χ1n) is 16.0. The van der Waals surface area contributed by atoms with Crippen molar-refractivity contribution in [3.63, 3.8) is 0 Å². The summed E-state index contributed by atoms with van der Waals surface area (Å²) >= 11 is 0. The highest BCUT2D eigenvalue weighted by Crippen LogP contribution is 2.47. The maximum Gasteiger partial charge on any atom is 0.573 e. The summed E-state index contributed by atoms with van der Waals surface area (Å²) in [5.41, 5.74) is -3.35. The zero-order chi connectivity index (χ0) is 37.5. The average Bonchev–Trinajstić information content (AvgIpc) is 3.46. The highest BCUT2D eigenvalue weighted by atomic mass is 19.4. The van der Waals surface area contributed by atoms with E-state index < -0.39 is 71.7 Å². The first-order valence-corrected chi connectivity index (χ1v) is 16.0. The van der Waals surface area contributed by atoms with E-state index in [1.807, 2.05) is 0 Å². The van der Waals surface area contributed by atoms with Gasteiger partial charge in [0.2, 0.25) is 5.91 Å². The van der Waals surface area contributed by atoms with Crippen molar-refractivity contribution >= 4 is 23.5 Å². The lowest BCUT2D eigenvalue weighted by molar-refractivity contribution is -0.274. The number of amides is 1.